The van der Waals surface area contributed by atoms with Gasteiger partial charge in [-0.1, -0.05) is 59.8 Å². The van der Waals surface area contributed by atoms with E-state index in [4.69, 9.17) is 4.98 Å². The average molecular weight is 430 g/mol. The Balaban J connectivity index is 1.77. The van der Waals surface area contributed by atoms with E-state index in [1.807, 2.05) is 87.5 Å². The van der Waals surface area contributed by atoms with E-state index in [1.165, 1.54) is 11.8 Å². The smallest absolute Gasteiger partial charge is 0.266 e. The zero-order chi connectivity index (χ0) is 22.0. The van der Waals surface area contributed by atoms with Gasteiger partial charge in [0, 0.05) is 5.69 Å². The molecule has 31 heavy (non-hydrogen) atoms. The van der Waals surface area contributed by atoms with E-state index in [0.717, 1.165) is 22.5 Å². The molecule has 0 saturated heterocycles. The zero-order valence-electron chi connectivity index (χ0n) is 17.6. The summed E-state index contributed by atoms with van der Waals surface area (Å²) in [6.45, 7) is 5.81. The number of hydrogen-bond donors (Lipinski definition) is 1. The Morgan fingerprint density at radius 3 is 2.45 bits per heavy atom. The summed E-state index contributed by atoms with van der Waals surface area (Å²) in [5.74, 6) is -0.147. The summed E-state index contributed by atoms with van der Waals surface area (Å²) in [7, 11) is 0. The molecule has 0 aliphatic carbocycles. The van der Waals surface area contributed by atoms with Gasteiger partial charge >= 0.3 is 0 Å². The minimum absolute atomic E-state index is 0.143. The molecule has 0 aliphatic heterocycles. The van der Waals surface area contributed by atoms with Crippen LogP contribution in [0.3, 0.4) is 0 Å². The molecule has 0 fully saturated rings. The van der Waals surface area contributed by atoms with Crippen LogP contribution in [0.25, 0.3) is 16.6 Å². The van der Waals surface area contributed by atoms with Gasteiger partial charge < -0.3 is 5.32 Å². The lowest BCUT2D eigenvalue weighted by Crippen LogP contribution is -2.26. The number of fused-ring (bicyclic) bond motifs is 1. The maximum atomic E-state index is 13.4. The van der Waals surface area contributed by atoms with Crippen molar-refractivity contribution in [3.05, 3.63) is 94.3 Å². The Hall–Kier alpha value is -3.38. The quantitative estimate of drug-likeness (QED) is 0.353. The number of rotatable bonds is 5. The number of anilines is 1. The number of nitrogens with one attached hydrogen (secondary N) is 1. The Morgan fingerprint density at radius 2 is 1.71 bits per heavy atom. The van der Waals surface area contributed by atoms with E-state index in [-0.39, 0.29) is 11.5 Å². The topological polar surface area (TPSA) is 64.0 Å². The van der Waals surface area contributed by atoms with E-state index in [1.54, 1.807) is 10.6 Å². The molecule has 0 spiro atoms. The lowest BCUT2D eigenvalue weighted by atomic mass is 10.1. The number of aryl methyl sites for hydroxylation is 2. The molecule has 6 heteroatoms. The highest BCUT2D eigenvalue weighted by atomic mass is 32.2. The summed E-state index contributed by atoms with van der Waals surface area (Å²) in [6.07, 6.45) is 0. The van der Waals surface area contributed by atoms with Crippen LogP contribution in [0.15, 0.2) is 82.7 Å². The lowest BCUT2D eigenvalue weighted by Gasteiger charge is -2.18. The van der Waals surface area contributed by atoms with Crippen LogP contribution in [-0.4, -0.2) is 20.7 Å². The van der Waals surface area contributed by atoms with Crippen molar-refractivity contribution in [1.82, 2.24) is 9.55 Å². The SMILES string of the molecule is Cc1ccc(-n2c(SC(C)C(=O)Nc3ccccc3)nc3ccccc3c2=O)c(C)c1. The van der Waals surface area contributed by atoms with Crippen molar-refractivity contribution in [2.75, 3.05) is 5.32 Å². The summed E-state index contributed by atoms with van der Waals surface area (Å²) in [4.78, 5) is 31.0. The molecule has 1 amide bonds. The van der Waals surface area contributed by atoms with Crippen LogP contribution in [0.2, 0.25) is 0 Å². The monoisotopic (exact) mass is 429 g/mol. The van der Waals surface area contributed by atoms with Gasteiger partial charge in [0.25, 0.3) is 5.56 Å². The molecule has 4 rings (SSSR count). The summed E-state index contributed by atoms with van der Waals surface area (Å²) in [6, 6.07) is 22.6. The highest BCUT2D eigenvalue weighted by molar-refractivity contribution is 8.00. The first-order valence-corrected chi connectivity index (χ1v) is 10.9. The van der Waals surface area contributed by atoms with Crippen LogP contribution in [0, 0.1) is 13.8 Å². The number of carbonyl (C=O) groups excluding carboxylic acids is 1. The molecule has 4 aromatic rings. The van der Waals surface area contributed by atoms with Crippen molar-refractivity contribution in [2.45, 2.75) is 31.2 Å². The largest absolute Gasteiger partial charge is 0.325 e. The lowest BCUT2D eigenvalue weighted by molar-refractivity contribution is -0.115. The fraction of sp³-hybridized carbons (Fsp3) is 0.160. The van der Waals surface area contributed by atoms with Gasteiger partial charge in [0.1, 0.15) is 0 Å². The molecule has 0 saturated carbocycles. The Kier molecular flexibility index (Phi) is 5.91. The van der Waals surface area contributed by atoms with Crippen molar-refractivity contribution < 1.29 is 4.79 Å². The van der Waals surface area contributed by atoms with Crippen molar-refractivity contribution >= 4 is 34.3 Å². The number of aromatic nitrogens is 2. The summed E-state index contributed by atoms with van der Waals surface area (Å²) >= 11 is 1.27. The Bertz CT molecular complexity index is 1320. The molecule has 0 radical (unpaired) electrons. The van der Waals surface area contributed by atoms with Crippen LogP contribution in [0.4, 0.5) is 5.69 Å². The predicted molar refractivity (Wildman–Crippen MR) is 127 cm³/mol. The van der Waals surface area contributed by atoms with Gasteiger partial charge in [0.05, 0.1) is 21.8 Å². The van der Waals surface area contributed by atoms with Gasteiger partial charge in [-0.2, -0.15) is 0 Å². The number of para-hydroxylation sites is 2. The molecule has 156 valence electrons. The number of benzene rings is 3. The van der Waals surface area contributed by atoms with Crippen LogP contribution >= 0.6 is 11.8 Å². The van der Waals surface area contributed by atoms with E-state index >= 15 is 0 Å². The summed E-state index contributed by atoms with van der Waals surface area (Å²) < 4.78 is 1.62. The van der Waals surface area contributed by atoms with Gasteiger partial charge in [-0.3, -0.25) is 14.2 Å². The first-order valence-electron chi connectivity index (χ1n) is 10.1. The first kappa shape index (κ1) is 20.9. The zero-order valence-corrected chi connectivity index (χ0v) is 18.4. The summed E-state index contributed by atoms with van der Waals surface area (Å²) in [5.41, 5.74) is 4.07. The highest BCUT2D eigenvalue weighted by Crippen LogP contribution is 2.27. The molecule has 1 aromatic heterocycles. The van der Waals surface area contributed by atoms with Gasteiger partial charge in [-0.15, -0.1) is 0 Å². The molecule has 5 nitrogen and oxygen atoms in total. The summed E-state index contributed by atoms with van der Waals surface area (Å²) in [5, 5.41) is 3.50. The van der Waals surface area contributed by atoms with Gasteiger partial charge in [0.2, 0.25) is 5.91 Å². The van der Waals surface area contributed by atoms with E-state index < -0.39 is 5.25 Å². The van der Waals surface area contributed by atoms with Gasteiger partial charge in [0.15, 0.2) is 5.16 Å². The molecular weight excluding hydrogens is 406 g/mol. The first-order chi connectivity index (χ1) is 14.9. The number of hydrogen-bond acceptors (Lipinski definition) is 4. The normalized spacial score (nSPS) is 12.0. The molecule has 0 bridgehead atoms. The molecule has 1 N–H and O–H groups in total. The minimum atomic E-state index is -0.453. The molecule has 0 aliphatic rings. The van der Waals surface area contributed by atoms with Crippen LogP contribution in [0.1, 0.15) is 18.1 Å². The van der Waals surface area contributed by atoms with Gasteiger partial charge in [-0.25, -0.2) is 4.98 Å². The number of carbonyl (C=O) groups is 1. The number of nitrogens with zero attached hydrogens (tertiary/aromatic N) is 2. The van der Waals surface area contributed by atoms with Crippen molar-refractivity contribution in [1.29, 1.82) is 0 Å². The van der Waals surface area contributed by atoms with Crippen LogP contribution in [0.5, 0.6) is 0 Å². The maximum absolute atomic E-state index is 13.4. The number of thioether (sulfide) groups is 1. The average Bonchev–Trinajstić information content (AvgIpc) is 2.75. The molecular formula is C25H23N3O2S. The Morgan fingerprint density at radius 1 is 1.00 bits per heavy atom. The van der Waals surface area contributed by atoms with Gasteiger partial charge in [-0.05, 0) is 56.7 Å². The fourth-order valence-corrected chi connectivity index (χ4v) is 4.36. The standard InChI is InChI=1S/C25H23N3O2S/c1-16-13-14-22(17(2)15-16)28-24(30)20-11-7-8-12-21(20)27-25(28)31-18(3)23(29)26-19-9-5-4-6-10-19/h4-15,18H,1-3H3,(H,26,29). The second-order valence-corrected chi connectivity index (χ2v) is 8.77. The maximum Gasteiger partial charge on any atom is 0.266 e. The minimum Gasteiger partial charge on any atom is -0.325 e. The third-order valence-corrected chi connectivity index (χ3v) is 6.08. The van der Waals surface area contributed by atoms with Crippen molar-refractivity contribution in [3.8, 4) is 5.69 Å². The second kappa shape index (κ2) is 8.78. The predicted octanol–water partition coefficient (Wildman–Crippen LogP) is 5.12. The second-order valence-electron chi connectivity index (χ2n) is 7.46. The van der Waals surface area contributed by atoms with E-state index in [0.29, 0.717) is 16.1 Å². The molecule has 1 heterocycles. The highest BCUT2D eigenvalue weighted by Gasteiger charge is 2.21. The van der Waals surface area contributed by atoms with Crippen LogP contribution < -0.4 is 10.9 Å². The van der Waals surface area contributed by atoms with Crippen LogP contribution in [-0.2, 0) is 4.79 Å². The fourth-order valence-electron chi connectivity index (χ4n) is 3.44. The third-order valence-electron chi connectivity index (χ3n) is 5.03. The number of amides is 1. The molecule has 3 aromatic carbocycles. The van der Waals surface area contributed by atoms with Crippen molar-refractivity contribution in [3.63, 3.8) is 0 Å². The Labute approximate surface area is 185 Å². The van der Waals surface area contributed by atoms with Crippen molar-refractivity contribution in [2.24, 2.45) is 0 Å². The van der Waals surface area contributed by atoms with E-state index in [9.17, 15) is 9.59 Å². The third kappa shape index (κ3) is 4.39. The van der Waals surface area contributed by atoms with E-state index in [2.05, 4.69) is 5.32 Å². The molecule has 1 unspecified atom stereocenters. The molecule has 1 atom stereocenters.